The topological polar surface area (TPSA) is 40.4 Å². The second kappa shape index (κ2) is 7.42. The lowest BCUT2D eigenvalue weighted by Crippen LogP contribution is -2.28. The molecule has 1 aromatic carbocycles. The van der Waals surface area contributed by atoms with Gasteiger partial charge in [-0.2, -0.15) is 0 Å². The van der Waals surface area contributed by atoms with Crippen molar-refractivity contribution in [3.05, 3.63) is 53.7 Å². The van der Waals surface area contributed by atoms with E-state index in [1.54, 1.807) is 12.3 Å². The van der Waals surface area contributed by atoms with Crippen molar-refractivity contribution in [2.45, 2.75) is 19.5 Å². The fraction of sp³-hybridized carbons (Fsp3) is 0.412. The molecule has 118 valence electrons. The second-order valence-corrected chi connectivity index (χ2v) is 5.56. The molecule has 0 spiro atoms. The quantitative estimate of drug-likeness (QED) is 0.890. The van der Waals surface area contributed by atoms with Crippen LogP contribution in [0.5, 0.6) is 0 Å². The van der Waals surface area contributed by atoms with Crippen LogP contribution in [0.25, 0.3) is 0 Å². The van der Waals surface area contributed by atoms with E-state index >= 15 is 0 Å². The predicted octanol–water partition coefficient (Wildman–Crippen LogP) is 2.51. The summed E-state index contributed by atoms with van der Waals surface area (Å²) >= 11 is 0. The molecular weight excluding hydrogens is 281 g/mol. The summed E-state index contributed by atoms with van der Waals surface area (Å²) in [6.07, 6.45) is 2.71. The van der Waals surface area contributed by atoms with Gasteiger partial charge in [-0.05, 0) is 42.8 Å². The first-order valence-electron chi connectivity index (χ1n) is 7.80. The van der Waals surface area contributed by atoms with Crippen LogP contribution in [0, 0.1) is 5.82 Å². The Morgan fingerprint density at radius 1 is 1.18 bits per heavy atom. The molecule has 0 unspecified atom stereocenters. The summed E-state index contributed by atoms with van der Waals surface area (Å²) in [5.41, 5.74) is 1.79. The van der Waals surface area contributed by atoms with Crippen molar-refractivity contribution < 1.29 is 8.81 Å². The molecular formula is C17H22FN3O. The van der Waals surface area contributed by atoms with Crippen LogP contribution in [-0.2, 0) is 13.1 Å². The van der Waals surface area contributed by atoms with Crippen LogP contribution < -0.4 is 15.5 Å². The van der Waals surface area contributed by atoms with E-state index in [-0.39, 0.29) is 5.82 Å². The maximum absolute atomic E-state index is 14.1. The third kappa shape index (κ3) is 3.87. The van der Waals surface area contributed by atoms with Gasteiger partial charge < -0.3 is 20.0 Å². The molecule has 2 N–H and O–H groups in total. The van der Waals surface area contributed by atoms with Gasteiger partial charge in [-0.3, -0.25) is 0 Å². The molecule has 0 aliphatic carbocycles. The van der Waals surface area contributed by atoms with Gasteiger partial charge in [0, 0.05) is 26.2 Å². The van der Waals surface area contributed by atoms with Gasteiger partial charge in [-0.1, -0.05) is 6.07 Å². The molecule has 2 aromatic rings. The summed E-state index contributed by atoms with van der Waals surface area (Å²) in [6, 6.07) is 9.17. The van der Waals surface area contributed by atoms with E-state index in [9.17, 15) is 4.39 Å². The molecule has 0 amide bonds. The van der Waals surface area contributed by atoms with E-state index < -0.39 is 0 Å². The predicted molar refractivity (Wildman–Crippen MR) is 85.4 cm³/mol. The molecule has 1 fully saturated rings. The number of nitrogens with one attached hydrogen (secondary N) is 2. The largest absolute Gasteiger partial charge is 0.468 e. The SMILES string of the molecule is Fc1ccc(CNCc2ccco2)cc1N1CCCNCC1. The van der Waals surface area contributed by atoms with Crippen molar-refractivity contribution in [3.63, 3.8) is 0 Å². The minimum atomic E-state index is -0.142. The Morgan fingerprint density at radius 3 is 3.00 bits per heavy atom. The van der Waals surface area contributed by atoms with Gasteiger partial charge in [-0.15, -0.1) is 0 Å². The number of furan rings is 1. The molecule has 2 heterocycles. The van der Waals surface area contributed by atoms with Crippen molar-refractivity contribution in [3.8, 4) is 0 Å². The Morgan fingerprint density at radius 2 is 2.14 bits per heavy atom. The van der Waals surface area contributed by atoms with E-state index in [4.69, 9.17) is 4.42 Å². The normalized spacial score (nSPS) is 15.8. The van der Waals surface area contributed by atoms with Crippen molar-refractivity contribution in [2.24, 2.45) is 0 Å². The van der Waals surface area contributed by atoms with Crippen LogP contribution in [0.4, 0.5) is 10.1 Å². The highest BCUT2D eigenvalue weighted by atomic mass is 19.1. The third-order valence-electron chi connectivity index (χ3n) is 3.90. The van der Waals surface area contributed by atoms with E-state index in [1.807, 2.05) is 24.3 Å². The number of rotatable bonds is 5. The highest BCUT2D eigenvalue weighted by Crippen LogP contribution is 2.22. The Bertz CT molecular complexity index is 578. The summed E-state index contributed by atoms with van der Waals surface area (Å²) in [7, 11) is 0. The molecule has 3 rings (SSSR count). The van der Waals surface area contributed by atoms with Crippen LogP contribution in [0.3, 0.4) is 0 Å². The van der Waals surface area contributed by atoms with Crippen molar-refractivity contribution in [1.29, 1.82) is 0 Å². The molecule has 1 aliphatic rings. The van der Waals surface area contributed by atoms with Gasteiger partial charge in [0.1, 0.15) is 11.6 Å². The number of nitrogens with zero attached hydrogens (tertiary/aromatic N) is 1. The highest BCUT2D eigenvalue weighted by molar-refractivity contribution is 5.50. The zero-order valence-corrected chi connectivity index (χ0v) is 12.6. The maximum atomic E-state index is 14.1. The minimum Gasteiger partial charge on any atom is -0.468 e. The summed E-state index contributed by atoms with van der Waals surface area (Å²) in [5, 5.41) is 6.66. The van der Waals surface area contributed by atoms with Crippen molar-refractivity contribution in [2.75, 3.05) is 31.1 Å². The lowest BCUT2D eigenvalue weighted by molar-refractivity contribution is 0.483. The first-order valence-corrected chi connectivity index (χ1v) is 7.80. The smallest absolute Gasteiger partial charge is 0.146 e. The molecule has 0 radical (unpaired) electrons. The summed E-state index contributed by atoms with van der Waals surface area (Å²) in [6.45, 7) is 5.02. The van der Waals surface area contributed by atoms with Crippen LogP contribution in [-0.4, -0.2) is 26.2 Å². The van der Waals surface area contributed by atoms with Gasteiger partial charge in [0.05, 0.1) is 18.5 Å². The number of hydrogen-bond acceptors (Lipinski definition) is 4. The van der Waals surface area contributed by atoms with Crippen molar-refractivity contribution in [1.82, 2.24) is 10.6 Å². The van der Waals surface area contributed by atoms with E-state index in [0.717, 1.165) is 43.9 Å². The number of halogens is 1. The molecule has 22 heavy (non-hydrogen) atoms. The van der Waals surface area contributed by atoms with Gasteiger partial charge in [0.2, 0.25) is 0 Å². The molecule has 0 atom stereocenters. The molecule has 5 heteroatoms. The molecule has 0 saturated carbocycles. The molecule has 1 aliphatic heterocycles. The van der Waals surface area contributed by atoms with Crippen LogP contribution in [0.1, 0.15) is 17.7 Å². The molecule has 4 nitrogen and oxygen atoms in total. The maximum Gasteiger partial charge on any atom is 0.146 e. The van der Waals surface area contributed by atoms with E-state index in [1.165, 1.54) is 0 Å². The first-order chi connectivity index (χ1) is 10.8. The van der Waals surface area contributed by atoms with Gasteiger partial charge in [0.15, 0.2) is 0 Å². The Balaban J connectivity index is 1.63. The second-order valence-electron chi connectivity index (χ2n) is 5.56. The van der Waals surface area contributed by atoms with E-state index in [2.05, 4.69) is 15.5 Å². The Hall–Kier alpha value is -1.85. The monoisotopic (exact) mass is 303 g/mol. The summed E-state index contributed by atoms with van der Waals surface area (Å²) < 4.78 is 19.4. The minimum absolute atomic E-state index is 0.142. The Kier molecular flexibility index (Phi) is 5.08. The number of benzene rings is 1. The lowest BCUT2D eigenvalue weighted by atomic mass is 10.1. The number of anilines is 1. The van der Waals surface area contributed by atoms with Gasteiger partial charge >= 0.3 is 0 Å². The zero-order chi connectivity index (χ0) is 15.2. The van der Waals surface area contributed by atoms with E-state index in [0.29, 0.717) is 18.8 Å². The third-order valence-corrected chi connectivity index (χ3v) is 3.90. The van der Waals surface area contributed by atoms with Gasteiger partial charge in [0.25, 0.3) is 0 Å². The standard InChI is InChI=1S/C17H22FN3O/c18-16-5-4-14(12-20-13-15-3-1-10-22-15)11-17(16)21-8-2-6-19-7-9-21/h1,3-5,10-11,19-20H,2,6-9,12-13H2. The highest BCUT2D eigenvalue weighted by Gasteiger charge is 2.14. The van der Waals surface area contributed by atoms with Crippen LogP contribution in [0.2, 0.25) is 0 Å². The molecule has 0 bridgehead atoms. The fourth-order valence-electron chi connectivity index (χ4n) is 2.74. The first kappa shape index (κ1) is 15.1. The zero-order valence-electron chi connectivity index (χ0n) is 12.6. The fourth-order valence-corrected chi connectivity index (χ4v) is 2.74. The molecule has 1 saturated heterocycles. The van der Waals surface area contributed by atoms with Crippen LogP contribution in [0.15, 0.2) is 41.0 Å². The summed E-state index contributed by atoms with van der Waals surface area (Å²) in [5.74, 6) is 0.762. The van der Waals surface area contributed by atoms with Crippen LogP contribution >= 0.6 is 0 Å². The average molecular weight is 303 g/mol. The summed E-state index contributed by atoms with van der Waals surface area (Å²) in [4.78, 5) is 2.13. The van der Waals surface area contributed by atoms with Crippen molar-refractivity contribution >= 4 is 5.69 Å². The van der Waals surface area contributed by atoms with Gasteiger partial charge in [-0.25, -0.2) is 4.39 Å². The lowest BCUT2D eigenvalue weighted by Gasteiger charge is -2.23. The number of hydrogen-bond donors (Lipinski definition) is 2. The average Bonchev–Trinajstić information content (AvgIpc) is 2.90. The molecule has 1 aromatic heterocycles. The Labute approximate surface area is 130 Å².